The van der Waals surface area contributed by atoms with Crippen LogP contribution in [0.25, 0.3) is 27.8 Å². The fraction of sp³-hybridized carbons (Fsp3) is 0.162. The maximum absolute atomic E-state index is 14.6. The first-order valence-electron chi connectivity index (χ1n) is 15.0. The van der Waals surface area contributed by atoms with Crippen LogP contribution in [0.5, 0.6) is 5.75 Å². The number of allylic oxidation sites excluding steroid dienone is 1. The Morgan fingerprint density at radius 1 is 1.00 bits per heavy atom. The minimum absolute atomic E-state index is 0.177. The molecular weight excluding hydrogens is 601 g/mol. The van der Waals surface area contributed by atoms with Gasteiger partial charge in [0.2, 0.25) is 0 Å². The van der Waals surface area contributed by atoms with E-state index in [0.717, 1.165) is 27.2 Å². The first kappa shape index (κ1) is 29.4. The zero-order valence-corrected chi connectivity index (χ0v) is 26.3. The summed E-state index contributed by atoms with van der Waals surface area (Å²) in [5.41, 5.74) is 3.47. The third-order valence-electron chi connectivity index (χ3n) is 8.35. The van der Waals surface area contributed by atoms with E-state index in [1.807, 2.05) is 83.6 Å². The minimum atomic E-state index is -0.833. The lowest BCUT2D eigenvalue weighted by atomic mass is 9.90. The van der Waals surface area contributed by atoms with Gasteiger partial charge in [0.1, 0.15) is 17.6 Å². The van der Waals surface area contributed by atoms with Gasteiger partial charge in [-0.1, -0.05) is 78.1 Å². The van der Waals surface area contributed by atoms with Gasteiger partial charge in [0.15, 0.2) is 4.80 Å². The van der Waals surface area contributed by atoms with Crippen LogP contribution in [-0.4, -0.2) is 28.8 Å². The molecule has 0 bridgehead atoms. The number of esters is 1. The molecule has 7 rings (SSSR count). The number of rotatable bonds is 7. The Balaban J connectivity index is 1.46. The summed E-state index contributed by atoms with van der Waals surface area (Å²) >= 11 is 1.26. The highest BCUT2D eigenvalue weighted by atomic mass is 32.1. The maximum atomic E-state index is 14.6. The van der Waals surface area contributed by atoms with Gasteiger partial charge in [-0.3, -0.25) is 9.36 Å². The number of methoxy groups -OCH3 is 1. The number of nitrogens with zero attached hydrogens (tertiary/aromatic N) is 3. The molecule has 9 heteroatoms. The molecule has 0 aliphatic carbocycles. The van der Waals surface area contributed by atoms with Gasteiger partial charge in [-0.25, -0.2) is 14.2 Å². The second-order valence-corrected chi connectivity index (χ2v) is 12.0. The van der Waals surface area contributed by atoms with Crippen molar-refractivity contribution in [1.29, 1.82) is 0 Å². The van der Waals surface area contributed by atoms with E-state index in [9.17, 15) is 14.0 Å². The normalized spacial score (nSPS) is 14.9. The molecule has 46 heavy (non-hydrogen) atoms. The Labute approximate surface area is 267 Å². The second-order valence-electron chi connectivity index (χ2n) is 11.0. The largest absolute Gasteiger partial charge is 0.496 e. The zero-order chi connectivity index (χ0) is 31.9. The van der Waals surface area contributed by atoms with Crippen LogP contribution in [0.4, 0.5) is 4.39 Å². The van der Waals surface area contributed by atoms with Gasteiger partial charge in [0, 0.05) is 33.8 Å². The van der Waals surface area contributed by atoms with Crippen molar-refractivity contribution in [2.45, 2.75) is 26.4 Å². The highest BCUT2D eigenvalue weighted by molar-refractivity contribution is 7.07. The summed E-state index contributed by atoms with van der Waals surface area (Å²) in [4.78, 5) is 33.2. The van der Waals surface area contributed by atoms with Crippen molar-refractivity contribution >= 4 is 45.1 Å². The smallest absolute Gasteiger partial charge is 0.338 e. The second kappa shape index (κ2) is 11.9. The number of fused-ring (bicyclic) bond motifs is 3. The first-order valence-corrected chi connectivity index (χ1v) is 15.8. The van der Waals surface area contributed by atoms with Crippen molar-refractivity contribution in [3.63, 3.8) is 0 Å². The quantitative estimate of drug-likeness (QED) is 0.200. The van der Waals surface area contributed by atoms with Gasteiger partial charge in [0.25, 0.3) is 5.56 Å². The SMILES string of the molecule is CCOC(=O)C1=C(C)N=c2s/c(=C\c3cn(Cc4ccccc4F)c4ccccc34)c(=O)n2[C@@H]1c1c(OC)ccc2ccccc12. The molecule has 6 aromatic rings. The predicted octanol–water partition coefficient (Wildman–Crippen LogP) is 6.10. The number of ether oxygens (including phenoxy) is 2. The van der Waals surface area contributed by atoms with Gasteiger partial charge in [-0.2, -0.15) is 0 Å². The topological polar surface area (TPSA) is 74.8 Å². The molecule has 1 aliphatic rings. The molecule has 1 aliphatic heterocycles. The Morgan fingerprint density at radius 3 is 2.52 bits per heavy atom. The van der Waals surface area contributed by atoms with Gasteiger partial charge in [0.05, 0.1) is 36.1 Å². The van der Waals surface area contributed by atoms with Crippen molar-refractivity contribution < 1.29 is 18.7 Å². The summed E-state index contributed by atoms with van der Waals surface area (Å²) in [5.74, 6) is -0.257. The summed E-state index contributed by atoms with van der Waals surface area (Å²) in [6.45, 7) is 4.03. The molecule has 0 spiro atoms. The molecule has 0 saturated carbocycles. The highest BCUT2D eigenvalue weighted by Crippen LogP contribution is 2.40. The molecule has 0 unspecified atom stereocenters. The third-order valence-corrected chi connectivity index (χ3v) is 9.33. The molecule has 0 fully saturated rings. The summed E-state index contributed by atoms with van der Waals surface area (Å²) in [7, 11) is 1.58. The standard InChI is InChI=1S/C37H30FN3O4S/c1-4-45-36(43)32-22(2)39-37-41(34(32)33-27-14-7-5-11-23(27)17-18-30(33)44-3)35(42)31(46-37)19-25-21-40(29-16-10-8-13-26(25)29)20-24-12-6-9-15-28(24)38/h5-19,21,34H,4,20H2,1-3H3/b31-19-/t34-/m0/s1. The van der Waals surface area contributed by atoms with Gasteiger partial charge >= 0.3 is 5.97 Å². The van der Waals surface area contributed by atoms with Crippen LogP contribution in [0.2, 0.25) is 0 Å². The van der Waals surface area contributed by atoms with Gasteiger partial charge in [-0.05, 0) is 48.9 Å². The van der Waals surface area contributed by atoms with E-state index in [-0.39, 0.29) is 23.6 Å². The van der Waals surface area contributed by atoms with E-state index in [4.69, 9.17) is 14.5 Å². The van der Waals surface area contributed by atoms with E-state index in [2.05, 4.69) is 0 Å². The molecule has 230 valence electrons. The number of aromatic nitrogens is 2. The Kier molecular flexibility index (Phi) is 7.62. The van der Waals surface area contributed by atoms with Crippen molar-refractivity contribution in [3.8, 4) is 5.75 Å². The number of hydrogen-bond acceptors (Lipinski definition) is 6. The molecule has 1 atom stereocenters. The van der Waals surface area contributed by atoms with Gasteiger partial charge in [-0.15, -0.1) is 0 Å². The number of carbonyl (C=O) groups excluding carboxylic acids is 1. The van der Waals surface area contributed by atoms with Crippen LogP contribution < -0.4 is 19.6 Å². The lowest BCUT2D eigenvalue weighted by molar-refractivity contribution is -0.139. The fourth-order valence-electron chi connectivity index (χ4n) is 6.27. The summed E-state index contributed by atoms with van der Waals surface area (Å²) in [6, 6.07) is 25.4. The van der Waals surface area contributed by atoms with Crippen LogP contribution in [0, 0.1) is 5.82 Å². The maximum Gasteiger partial charge on any atom is 0.338 e. The number of thiazole rings is 1. The van der Waals surface area contributed by atoms with Crippen molar-refractivity contribution in [2.75, 3.05) is 13.7 Å². The molecule has 7 nitrogen and oxygen atoms in total. The number of carbonyl (C=O) groups is 1. The molecular formula is C37H30FN3O4S. The van der Waals surface area contributed by atoms with E-state index >= 15 is 0 Å². The number of para-hydroxylation sites is 1. The Bertz CT molecular complexity index is 2380. The van der Waals surface area contributed by atoms with Crippen LogP contribution in [0.1, 0.15) is 36.6 Å². The fourth-order valence-corrected chi connectivity index (χ4v) is 7.31. The van der Waals surface area contributed by atoms with Gasteiger partial charge < -0.3 is 14.0 Å². The van der Waals surface area contributed by atoms with E-state index in [0.29, 0.717) is 38.5 Å². The minimum Gasteiger partial charge on any atom is -0.496 e. The molecule has 0 amide bonds. The van der Waals surface area contributed by atoms with E-state index in [1.54, 1.807) is 37.7 Å². The molecule has 0 N–H and O–H groups in total. The first-order chi connectivity index (χ1) is 22.4. The number of hydrogen-bond donors (Lipinski definition) is 0. The van der Waals surface area contributed by atoms with Crippen LogP contribution >= 0.6 is 11.3 Å². The predicted molar refractivity (Wildman–Crippen MR) is 178 cm³/mol. The molecule has 4 aromatic carbocycles. The van der Waals surface area contributed by atoms with E-state index < -0.39 is 12.0 Å². The molecule has 0 radical (unpaired) electrons. The average molecular weight is 632 g/mol. The summed E-state index contributed by atoms with van der Waals surface area (Å²) in [6.07, 6.45) is 3.79. The van der Waals surface area contributed by atoms with Crippen molar-refractivity contribution in [1.82, 2.24) is 9.13 Å². The third kappa shape index (κ3) is 4.93. The number of benzene rings is 4. The molecule has 2 aromatic heterocycles. The van der Waals surface area contributed by atoms with Crippen LogP contribution in [-0.2, 0) is 16.1 Å². The van der Waals surface area contributed by atoms with Crippen molar-refractivity contribution in [3.05, 3.63) is 145 Å². The number of halogens is 1. The average Bonchev–Trinajstić information content (AvgIpc) is 3.56. The summed E-state index contributed by atoms with van der Waals surface area (Å²) < 4.78 is 30.0. The Hall–Kier alpha value is -5.28. The monoisotopic (exact) mass is 631 g/mol. The highest BCUT2D eigenvalue weighted by Gasteiger charge is 2.36. The van der Waals surface area contributed by atoms with Crippen molar-refractivity contribution in [2.24, 2.45) is 4.99 Å². The van der Waals surface area contributed by atoms with E-state index in [1.165, 1.54) is 17.4 Å². The lowest BCUT2D eigenvalue weighted by Gasteiger charge is -2.27. The molecule has 0 saturated heterocycles. The van der Waals surface area contributed by atoms with Crippen LogP contribution in [0.15, 0.2) is 112 Å². The summed E-state index contributed by atoms with van der Waals surface area (Å²) in [5, 5.41) is 2.73. The molecule has 3 heterocycles. The lowest BCUT2D eigenvalue weighted by Crippen LogP contribution is -2.40. The Morgan fingerprint density at radius 2 is 1.74 bits per heavy atom. The van der Waals surface area contributed by atoms with Crippen LogP contribution in [0.3, 0.4) is 0 Å². The zero-order valence-electron chi connectivity index (χ0n) is 25.5.